The summed E-state index contributed by atoms with van der Waals surface area (Å²) < 4.78 is 0.913. The number of imide groups is 1. The van der Waals surface area contributed by atoms with Gasteiger partial charge in [0.2, 0.25) is 0 Å². The van der Waals surface area contributed by atoms with Crippen molar-refractivity contribution in [3.8, 4) is 0 Å². The van der Waals surface area contributed by atoms with Crippen molar-refractivity contribution in [1.29, 1.82) is 0 Å². The molecule has 106 valence electrons. The fourth-order valence-corrected chi connectivity index (χ4v) is 2.32. The summed E-state index contributed by atoms with van der Waals surface area (Å²) in [4.78, 5) is 37.2. The molecule has 2 amide bonds. The Morgan fingerprint density at radius 2 is 1.57 bits per heavy atom. The Hall–Kier alpha value is -2.18. The van der Waals surface area contributed by atoms with E-state index in [1.165, 1.54) is 6.20 Å². The molecule has 8 heteroatoms. The summed E-state index contributed by atoms with van der Waals surface area (Å²) in [5.74, 6) is -0.953. The molecule has 0 bridgehead atoms. The van der Waals surface area contributed by atoms with Crippen LogP contribution in [0.25, 0.3) is 0 Å². The predicted octanol–water partition coefficient (Wildman–Crippen LogP) is 1.80. The van der Waals surface area contributed by atoms with Gasteiger partial charge in [-0.05, 0) is 12.1 Å². The Bertz CT molecular complexity index is 797. The van der Waals surface area contributed by atoms with Crippen molar-refractivity contribution < 1.29 is 9.59 Å². The van der Waals surface area contributed by atoms with Gasteiger partial charge in [-0.3, -0.25) is 19.3 Å². The van der Waals surface area contributed by atoms with Crippen molar-refractivity contribution in [1.82, 2.24) is 14.7 Å². The maximum atomic E-state index is 12.2. The fourth-order valence-electron chi connectivity index (χ4n) is 2.05. The second kappa shape index (κ2) is 4.98. The standard InChI is InChI=1S/C13H7Cl2N3O3/c14-9-5-16-18(13(21)10(9)15)6-17-11(19)7-3-1-2-4-8(7)12(17)20/h1-5H,6H2. The number of amides is 2. The molecule has 2 heterocycles. The van der Waals surface area contributed by atoms with Crippen molar-refractivity contribution >= 4 is 35.0 Å². The third-order valence-electron chi connectivity index (χ3n) is 3.10. The first-order chi connectivity index (χ1) is 10.0. The molecular weight excluding hydrogens is 317 g/mol. The maximum absolute atomic E-state index is 12.2. The number of aromatic nitrogens is 2. The van der Waals surface area contributed by atoms with Crippen molar-refractivity contribution in [2.45, 2.75) is 6.67 Å². The molecule has 0 spiro atoms. The highest BCUT2D eigenvalue weighted by Gasteiger charge is 2.35. The summed E-state index contributed by atoms with van der Waals surface area (Å²) in [6, 6.07) is 6.44. The SMILES string of the molecule is O=C1c2ccccc2C(=O)N1Cn1ncc(Cl)c(Cl)c1=O. The van der Waals surface area contributed by atoms with E-state index in [0.29, 0.717) is 11.1 Å². The van der Waals surface area contributed by atoms with Gasteiger partial charge >= 0.3 is 0 Å². The second-order valence-electron chi connectivity index (χ2n) is 4.34. The van der Waals surface area contributed by atoms with E-state index in [0.717, 1.165) is 9.58 Å². The summed E-state index contributed by atoms with van der Waals surface area (Å²) in [5.41, 5.74) is -0.0630. The lowest BCUT2D eigenvalue weighted by Crippen LogP contribution is -2.37. The smallest absolute Gasteiger partial charge is 0.269 e. The number of benzene rings is 1. The number of carbonyl (C=O) groups excluding carboxylic acids is 2. The molecule has 2 aromatic rings. The molecule has 0 fully saturated rings. The Morgan fingerprint density at radius 1 is 1.00 bits per heavy atom. The van der Waals surface area contributed by atoms with Crippen LogP contribution < -0.4 is 5.56 Å². The quantitative estimate of drug-likeness (QED) is 0.790. The van der Waals surface area contributed by atoms with Gasteiger partial charge < -0.3 is 0 Å². The highest BCUT2D eigenvalue weighted by atomic mass is 35.5. The number of hydrogen-bond acceptors (Lipinski definition) is 4. The molecule has 0 N–H and O–H groups in total. The second-order valence-corrected chi connectivity index (χ2v) is 5.12. The summed E-state index contributed by atoms with van der Waals surface area (Å²) >= 11 is 11.4. The molecule has 21 heavy (non-hydrogen) atoms. The molecule has 0 unspecified atom stereocenters. The number of fused-ring (bicyclic) bond motifs is 1. The van der Waals surface area contributed by atoms with Crippen LogP contribution in [-0.2, 0) is 6.67 Å². The lowest BCUT2D eigenvalue weighted by Gasteiger charge is -2.14. The van der Waals surface area contributed by atoms with E-state index in [1.807, 2.05) is 0 Å². The minimum atomic E-state index is -0.666. The first-order valence-corrected chi connectivity index (χ1v) is 6.62. The molecule has 1 aliphatic heterocycles. The Labute approximate surface area is 128 Å². The third kappa shape index (κ3) is 2.12. The molecule has 3 rings (SSSR count). The topological polar surface area (TPSA) is 72.3 Å². The molecular formula is C13H7Cl2N3O3. The van der Waals surface area contributed by atoms with Gasteiger partial charge in [-0.25, -0.2) is 4.68 Å². The van der Waals surface area contributed by atoms with E-state index < -0.39 is 17.4 Å². The van der Waals surface area contributed by atoms with Crippen LogP contribution in [0.5, 0.6) is 0 Å². The van der Waals surface area contributed by atoms with Gasteiger partial charge in [-0.2, -0.15) is 5.10 Å². The molecule has 1 aliphatic rings. The highest BCUT2D eigenvalue weighted by molar-refractivity contribution is 6.41. The average Bonchev–Trinajstić information content (AvgIpc) is 2.73. The van der Waals surface area contributed by atoms with E-state index in [1.54, 1.807) is 24.3 Å². The zero-order valence-corrected chi connectivity index (χ0v) is 11.9. The largest absolute Gasteiger partial charge is 0.288 e. The lowest BCUT2D eigenvalue weighted by atomic mass is 10.1. The Kier molecular flexibility index (Phi) is 3.27. The molecule has 0 radical (unpaired) electrons. The van der Waals surface area contributed by atoms with Gasteiger partial charge in [-0.1, -0.05) is 35.3 Å². The van der Waals surface area contributed by atoms with Crippen LogP contribution in [0, 0.1) is 0 Å². The first kappa shape index (κ1) is 13.8. The van der Waals surface area contributed by atoms with E-state index in [2.05, 4.69) is 5.10 Å². The zero-order chi connectivity index (χ0) is 15.1. The summed E-state index contributed by atoms with van der Waals surface area (Å²) in [6.07, 6.45) is 1.18. The van der Waals surface area contributed by atoms with Gasteiger partial charge in [-0.15, -0.1) is 0 Å². The Balaban J connectivity index is 1.98. The minimum absolute atomic E-state index is 0.0141. The first-order valence-electron chi connectivity index (χ1n) is 5.87. The van der Waals surface area contributed by atoms with Crippen molar-refractivity contribution in [3.63, 3.8) is 0 Å². The molecule has 0 aliphatic carbocycles. The van der Waals surface area contributed by atoms with Crippen LogP contribution in [0.2, 0.25) is 10.0 Å². The fraction of sp³-hybridized carbons (Fsp3) is 0.0769. The van der Waals surface area contributed by atoms with Gasteiger partial charge in [0, 0.05) is 0 Å². The van der Waals surface area contributed by atoms with E-state index in [4.69, 9.17) is 23.2 Å². The molecule has 0 saturated heterocycles. The van der Waals surface area contributed by atoms with Crippen molar-refractivity contribution in [3.05, 3.63) is 62.0 Å². The number of halogens is 2. The van der Waals surface area contributed by atoms with E-state index >= 15 is 0 Å². The van der Waals surface area contributed by atoms with Gasteiger partial charge in [0.25, 0.3) is 17.4 Å². The van der Waals surface area contributed by atoms with Crippen LogP contribution in [-0.4, -0.2) is 26.5 Å². The highest BCUT2D eigenvalue weighted by Crippen LogP contribution is 2.23. The molecule has 6 nitrogen and oxygen atoms in total. The Morgan fingerprint density at radius 3 is 2.14 bits per heavy atom. The maximum Gasteiger partial charge on any atom is 0.288 e. The number of hydrogen-bond donors (Lipinski definition) is 0. The number of rotatable bonds is 2. The lowest BCUT2D eigenvalue weighted by molar-refractivity contribution is 0.0594. The predicted molar refractivity (Wildman–Crippen MR) is 75.5 cm³/mol. The van der Waals surface area contributed by atoms with Gasteiger partial charge in [0.15, 0.2) is 0 Å². The normalized spacial score (nSPS) is 13.7. The molecule has 0 saturated carbocycles. The zero-order valence-electron chi connectivity index (χ0n) is 10.4. The third-order valence-corrected chi connectivity index (χ3v) is 3.84. The van der Waals surface area contributed by atoms with Crippen LogP contribution in [0.4, 0.5) is 0 Å². The number of carbonyl (C=O) groups is 2. The number of nitrogens with zero attached hydrogens (tertiary/aromatic N) is 3. The summed E-state index contributed by atoms with van der Waals surface area (Å²) in [6.45, 7) is -0.317. The van der Waals surface area contributed by atoms with E-state index in [9.17, 15) is 14.4 Å². The van der Waals surface area contributed by atoms with Crippen LogP contribution in [0.3, 0.4) is 0 Å². The molecule has 1 aromatic carbocycles. The van der Waals surface area contributed by atoms with Crippen LogP contribution >= 0.6 is 23.2 Å². The van der Waals surface area contributed by atoms with Gasteiger partial charge in [0.1, 0.15) is 11.7 Å². The van der Waals surface area contributed by atoms with Crippen molar-refractivity contribution in [2.75, 3.05) is 0 Å². The molecule has 1 aromatic heterocycles. The van der Waals surface area contributed by atoms with Crippen LogP contribution in [0.1, 0.15) is 20.7 Å². The van der Waals surface area contributed by atoms with Crippen molar-refractivity contribution in [2.24, 2.45) is 0 Å². The monoisotopic (exact) mass is 323 g/mol. The molecule has 0 atom stereocenters. The van der Waals surface area contributed by atoms with Gasteiger partial charge in [0.05, 0.1) is 22.3 Å². The summed E-state index contributed by atoms with van der Waals surface area (Å²) in [7, 11) is 0. The van der Waals surface area contributed by atoms with E-state index in [-0.39, 0.29) is 16.7 Å². The minimum Gasteiger partial charge on any atom is -0.269 e. The summed E-state index contributed by atoms with van der Waals surface area (Å²) in [5, 5.41) is 3.58. The van der Waals surface area contributed by atoms with Crippen LogP contribution in [0.15, 0.2) is 35.3 Å². The average molecular weight is 324 g/mol.